The van der Waals surface area contributed by atoms with Crippen LogP contribution in [0.4, 0.5) is 5.69 Å². The fraction of sp³-hybridized carbons (Fsp3) is 0.562. The van der Waals surface area contributed by atoms with Crippen LogP contribution in [0.2, 0.25) is 0 Å². The summed E-state index contributed by atoms with van der Waals surface area (Å²) in [4.78, 5) is 11.9. The van der Waals surface area contributed by atoms with Crippen LogP contribution in [0, 0.1) is 6.92 Å². The first-order valence-electron chi connectivity index (χ1n) is 7.34. The summed E-state index contributed by atoms with van der Waals surface area (Å²) < 4.78 is 5.77. The average Bonchev–Trinajstić information content (AvgIpc) is 2.48. The fourth-order valence-corrected chi connectivity index (χ4v) is 2.64. The van der Waals surface area contributed by atoms with Crippen molar-refractivity contribution in [3.63, 3.8) is 0 Å². The lowest BCUT2D eigenvalue weighted by Crippen LogP contribution is -2.42. The number of rotatable bonds is 5. The maximum Gasteiger partial charge on any atom is 0.250 e. The van der Waals surface area contributed by atoms with E-state index in [-0.39, 0.29) is 18.6 Å². The molecule has 1 fully saturated rings. The summed E-state index contributed by atoms with van der Waals surface area (Å²) in [6.07, 6.45) is 4.73. The zero-order valence-corrected chi connectivity index (χ0v) is 12.3. The Kier molecular flexibility index (Phi) is 5.56. The zero-order chi connectivity index (χ0) is 14.4. The number of hydrogen-bond acceptors (Lipinski definition) is 3. The molecular weight excluding hydrogens is 252 g/mol. The lowest BCUT2D eigenvalue weighted by molar-refractivity contribution is -0.123. The number of ether oxygens (including phenoxy) is 1. The molecule has 4 nitrogen and oxygen atoms in total. The van der Waals surface area contributed by atoms with Gasteiger partial charge in [-0.05, 0) is 38.9 Å². The van der Waals surface area contributed by atoms with Crippen molar-refractivity contribution in [2.24, 2.45) is 0 Å². The number of nitrogens with one attached hydrogen (secondary N) is 2. The van der Waals surface area contributed by atoms with Crippen molar-refractivity contribution in [3.8, 4) is 0 Å². The molecule has 2 unspecified atom stereocenters. The lowest BCUT2D eigenvalue weighted by atomic mass is 9.92. The molecule has 0 bridgehead atoms. The van der Waals surface area contributed by atoms with Crippen molar-refractivity contribution >= 4 is 11.6 Å². The molecule has 110 valence electrons. The van der Waals surface area contributed by atoms with Gasteiger partial charge in [0.25, 0.3) is 0 Å². The standard InChI is InChI=1S/C16H24N2O2/c1-12-7-9-13(10-8-12)18-16(19)11-20-15-6-4-3-5-14(15)17-2/h7-10,14-15,17H,3-6,11H2,1-2H3,(H,18,19). The van der Waals surface area contributed by atoms with Crippen LogP contribution in [0.1, 0.15) is 31.2 Å². The van der Waals surface area contributed by atoms with E-state index in [9.17, 15) is 4.79 Å². The third kappa shape index (κ3) is 4.32. The molecular formula is C16H24N2O2. The Morgan fingerprint density at radius 3 is 2.65 bits per heavy atom. The van der Waals surface area contributed by atoms with Crippen LogP contribution in [0.3, 0.4) is 0 Å². The van der Waals surface area contributed by atoms with Gasteiger partial charge in [-0.15, -0.1) is 0 Å². The number of carbonyl (C=O) groups excluding carboxylic acids is 1. The van der Waals surface area contributed by atoms with E-state index in [0.717, 1.165) is 18.5 Å². The maximum atomic E-state index is 11.9. The minimum atomic E-state index is -0.0886. The van der Waals surface area contributed by atoms with Crippen LogP contribution in [-0.2, 0) is 9.53 Å². The smallest absolute Gasteiger partial charge is 0.250 e. The molecule has 1 amide bonds. The zero-order valence-electron chi connectivity index (χ0n) is 12.3. The second kappa shape index (κ2) is 7.41. The van der Waals surface area contributed by atoms with Gasteiger partial charge in [-0.2, -0.15) is 0 Å². The van der Waals surface area contributed by atoms with Crippen molar-refractivity contribution in [2.45, 2.75) is 44.8 Å². The number of hydrogen-bond donors (Lipinski definition) is 2. The normalized spacial score (nSPS) is 22.5. The summed E-state index contributed by atoms with van der Waals surface area (Å²) >= 11 is 0. The van der Waals surface area contributed by atoms with Gasteiger partial charge in [0.05, 0.1) is 6.10 Å². The highest BCUT2D eigenvalue weighted by Crippen LogP contribution is 2.21. The highest BCUT2D eigenvalue weighted by atomic mass is 16.5. The van der Waals surface area contributed by atoms with Crippen molar-refractivity contribution < 1.29 is 9.53 Å². The van der Waals surface area contributed by atoms with Gasteiger partial charge in [0.2, 0.25) is 5.91 Å². The Morgan fingerprint density at radius 2 is 1.95 bits per heavy atom. The van der Waals surface area contributed by atoms with Crippen LogP contribution in [0.25, 0.3) is 0 Å². The van der Waals surface area contributed by atoms with E-state index in [1.165, 1.54) is 18.4 Å². The molecule has 0 spiro atoms. The highest BCUT2D eigenvalue weighted by Gasteiger charge is 2.24. The van der Waals surface area contributed by atoms with Gasteiger partial charge in [-0.25, -0.2) is 0 Å². The van der Waals surface area contributed by atoms with Gasteiger partial charge < -0.3 is 15.4 Å². The van der Waals surface area contributed by atoms with Gasteiger partial charge in [0.15, 0.2) is 0 Å². The molecule has 1 aliphatic carbocycles. The SMILES string of the molecule is CNC1CCCCC1OCC(=O)Nc1ccc(C)cc1. The van der Waals surface area contributed by atoms with Gasteiger partial charge in [-0.1, -0.05) is 30.5 Å². The first kappa shape index (κ1) is 15.0. The minimum absolute atomic E-state index is 0.0886. The summed E-state index contributed by atoms with van der Waals surface area (Å²) in [5.74, 6) is -0.0886. The molecule has 0 radical (unpaired) electrons. The quantitative estimate of drug-likeness (QED) is 0.868. The molecule has 2 rings (SSSR count). The number of benzene rings is 1. The summed E-state index contributed by atoms with van der Waals surface area (Å²) in [6, 6.07) is 8.15. The topological polar surface area (TPSA) is 50.4 Å². The van der Waals surface area contributed by atoms with Crippen molar-refractivity contribution in [1.82, 2.24) is 5.32 Å². The second-order valence-corrected chi connectivity index (χ2v) is 5.44. The van der Waals surface area contributed by atoms with Gasteiger partial charge >= 0.3 is 0 Å². The summed E-state index contributed by atoms with van der Waals surface area (Å²) in [5, 5.41) is 6.13. The first-order valence-corrected chi connectivity index (χ1v) is 7.34. The van der Waals surface area contributed by atoms with Crippen LogP contribution in [0.15, 0.2) is 24.3 Å². The summed E-state index contributed by atoms with van der Waals surface area (Å²) in [7, 11) is 1.96. The van der Waals surface area contributed by atoms with Crippen LogP contribution < -0.4 is 10.6 Å². The molecule has 0 saturated heterocycles. The highest BCUT2D eigenvalue weighted by molar-refractivity contribution is 5.91. The molecule has 4 heteroatoms. The van der Waals surface area contributed by atoms with E-state index in [0.29, 0.717) is 6.04 Å². The molecule has 1 aromatic carbocycles. The predicted octanol–water partition coefficient (Wildman–Crippen LogP) is 2.48. The molecule has 1 aromatic rings. The Morgan fingerprint density at radius 1 is 1.25 bits per heavy atom. The number of aryl methyl sites for hydroxylation is 1. The number of anilines is 1. The third-order valence-electron chi connectivity index (χ3n) is 3.84. The van der Waals surface area contributed by atoms with E-state index in [1.807, 2.05) is 38.2 Å². The van der Waals surface area contributed by atoms with Crippen molar-refractivity contribution in [1.29, 1.82) is 0 Å². The minimum Gasteiger partial charge on any atom is -0.367 e. The van der Waals surface area contributed by atoms with Crippen LogP contribution in [0.5, 0.6) is 0 Å². The molecule has 20 heavy (non-hydrogen) atoms. The Bertz CT molecular complexity index is 431. The van der Waals surface area contributed by atoms with Gasteiger partial charge in [0, 0.05) is 11.7 Å². The van der Waals surface area contributed by atoms with Gasteiger partial charge in [0.1, 0.15) is 6.61 Å². The summed E-state index contributed by atoms with van der Waals surface area (Å²) in [5.41, 5.74) is 2.00. The van der Waals surface area contributed by atoms with Crippen molar-refractivity contribution in [3.05, 3.63) is 29.8 Å². The monoisotopic (exact) mass is 276 g/mol. The van der Waals surface area contributed by atoms with Crippen molar-refractivity contribution in [2.75, 3.05) is 19.0 Å². The van der Waals surface area contributed by atoms with E-state index in [1.54, 1.807) is 0 Å². The third-order valence-corrected chi connectivity index (χ3v) is 3.84. The number of amides is 1. The molecule has 1 aliphatic rings. The molecule has 0 aliphatic heterocycles. The Balaban J connectivity index is 1.78. The molecule has 1 saturated carbocycles. The van der Waals surface area contributed by atoms with E-state index < -0.39 is 0 Å². The second-order valence-electron chi connectivity index (χ2n) is 5.44. The Labute approximate surface area is 120 Å². The fourth-order valence-electron chi connectivity index (χ4n) is 2.64. The number of likely N-dealkylation sites (N-methyl/N-ethyl adjacent to an activating group) is 1. The largest absolute Gasteiger partial charge is 0.367 e. The first-order chi connectivity index (χ1) is 9.69. The van der Waals surface area contributed by atoms with E-state index in [2.05, 4.69) is 10.6 Å². The maximum absolute atomic E-state index is 11.9. The van der Waals surface area contributed by atoms with E-state index >= 15 is 0 Å². The van der Waals surface area contributed by atoms with Crippen LogP contribution in [-0.4, -0.2) is 31.7 Å². The van der Waals surface area contributed by atoms with Gasteiger partial charge in [-0.3, -0.25) is 4.79 Å². The van der Waals surface area contributed by atoms with E-state index in [4.69, 9.17) is 4.74 Å². The average molecular weight is 276 g/mol. The molecule has 2 N–H and O–H groups in total. The lowest BCUT2D eigenvalue weighted by Gasteiger charge is -2.30. The number of carbonyl (C=O) groups is 1. The predicted molar refractivity (Wildman–Crippen MR) is 80.9 cm³/mol. The Hall–Kier alpha value is -1.39. The van der Waals surface area contributed by atoms with Crippen LogP contribution >= 0.6 is 0 Å². The molecule has 0 aromatic heterocycles. The summed E-state index contributed by atoms with van der Waals surface area (Å²) in [6.45, 7) is 2.15. The molecule has 0 heterocycles. The molecule has 2 atom stereocenters.